The molecule has 0 aromatic carbocycles. The Morgan fingerprint density at radius 3 is 2.33 bits per heavy atom. The highest BCUT2D eigenvalue weighted by Crippen LogP contribution is 2.26. The Balaban J connectivity index is 1.53. The van der Waals surface area contributed by atoms with Crippen LogP contribution >= 0.6 is 0 Å². The van der Waals surface area contributed by atoms with Gasteiger partial charge in [0.15, 0.2) is 0 Å². The van der Waals surface area contributed by atoms with E-state index >= 15 is 0 Å². The first-order chi connectivity index (χ1) is 7.40. The predicted molar refractivity (Wildman–Crippen MR) is 65.0 cm³/mol. The summed E-state index contributed by atoms with van der Waals surface area (Å²) in [5.74, 6) is 1.95. The molecule has 0 bridgehead atoms. The van der Waals surface area contributed by atoms with Gasteiger partial charge >= 0.3 is 0 Å². The summed E-state index contributed by atoms with van der Waals surface area (Å²) in [5.41, 5.74) is 0. The molecule has 2 fully saturated rings. The van der Waals surface area contributed by atoms with Gasteiger partial charge in [-0.15, -0.1) is 0 Å². The molecular weight excluding hydrogens is 184 g/mol. The maximum absolute atomic E-state index is 3.50. The molecule has 2 heterocycles. The van der Waals surface area contributed by atoms with Gasteiger partial charge in [-0.25, -0.2) is 0 Å². The summed E-state index contributed by atoms with van der Waals surface area (Å²) in [7, 11) is 0. The molecular formula is C13H26N2. The lowest BCUT2D eigenvalue weighted by molar-refractivity contribution is 0.304. The maximum Gasteiger partial charge on any atom is 0.00255 e. The molecule has 2 nitrogen and oxygen atoms in total. The molecule has 2 aliphatic rings. The molecule has 0 radical (unpaired) electrons. The second-order valence-electron chi connectivity index (χ2n) is 5.35. The first kappa shape index (κ1) is 11.4. The van der Waals surface area contributed by atoms with E-state index in [4.69, 9.17) is 0 Å². The van der Waals surface area contributed by atoms with Gasteiger partial charge in [-0.3, -0.25) is 0 Å². The zero-order valence-electron chi connectivity index (χ0n) is 10.2. The van der Waals surface area contributed by atoms with Crippen LogP contribution in [0.4, 0.5) is 0 Å². The minimum Gasteiger partial charge on any atom is -0.316 e. The third-order valence-electron chi connectivity index (χ3n) is 4.04. The van der Waals surface area contributed by atoms with Gasteiger partial charge in [0.05, 0.1) is 0 Å². The van der Waals surface area contributed by atoms with Crippen LogP contribution in [0.3, 0.4) is 0 Å². The zero-order valence-corrected chi connectivity index (χ0v) is 10.2. The number of rotatable bonds is 6. The van der Waals surface area contributed by atoms with E-state index in [9.17, 15) is 0 Å². The Hall–Kier alpha value is -0.0800. The number of nitrogens with one attached hydrogen (secondary N) is 1. The van der Waals surface area contributed by atoms with E-state index in [0.717, 1.165) is 11.8 Å². The highest BCUT2D eigenvalue weighted by Gasteiger charge is 2.35. The smallest absolute Gasteiger partial charge is 0.00255 e. The summed E-state index contributed by atoms with van der Waals surface area (Å²) in [4.78, 5) is 2.70. The van der Waals surface area contributed by atoms with Crippen LogP contribution in [0, 0.1) is 11.8 Å². The molecule has 2 atom stereocenters. The number of hydrogen-bond donors (Lipinski definition) is 1. The number of unbranched alkanes of at least 4 members (excludes halogenated alkanes) is 4. The standard InChI is InChI=1S/C13H26N2/c1-2-3-4-5-6-7-15-10-12-8-14-9-13(12)11-15/h12-14H,2-11H2,1H3. The van der Waals surface area contributed by atoms with Crippen molar-refractivity contribution in [1.29, 1.82) is 0 Å². The van der Waals surface area contributed by atoms with E-state index in [0.29, 0.717) is 0 Å². The Morgan fingerprint density at radius 2 is 1.67 bits per heavy atom. The topological polar surface area (TPSA) is 15.3 Å². The molecule has 15 heavy (non-hydrogen) atoms. The first-order valence-corrected chi connectivity index (χ1v) is 6.83. The summed E-state index contributed by atoms with van der Waals surface area (Å²) < 4.78 is 0. The van der Waals surface area contributed by atoms with Crippen LogP contribution in [0.25, 0.3) is 0 Å². The number of hydrogen-bond acceptors (Lipinski definition) is 2. The van der Waals surface area contributed by atoms with Crippen molar-refractivity contribution >= 4 is 0 Å². The van der Waals surface area contributed by atoms with Crippen molar-refractivity contribution in [2.45, 2.75) is 39.0 Å². The van der Waals surface area contributed by atoms with Gasteiger partial charge in [0, 0.05) is 13.1 Å². The van der Waals surface area contributed by atoms with Crippen molar-refractivity contribution in [3.63, 3.8) is 0 Å². The van der Waals surface area contributed by atoms with Crippen LogP contribution in [0.5, 0.6) is 0 Å². The van der Waals surface area contributed by atoms with Gasteiger partial charge in [0.25, 0.3) is 0 Å². The zero-order chi connectivity index (χ0) is 10.5. The van der Waals surface area contributed by atoms with Crippen molar-refractivity contribution < 1.29 is 0 Å². The van der Waals surface area contributed by atoms with Crippen molar-refractivity contribution in [1.82, 2.24) is 10.2 Å². The number of nitrogens with zero attached hydrogens (tertiary/aromatic N) is 1. The van der Waals surface area contributed by atoms with Gasteiger partial charge in [-0.2, -0.15) is 0 Å². The second-order valence-corrected chi connectivity index (χ2v) is 5.35. The largest absolute Gasteiger partial charge is 0.316 e. The van der Waals surface area contributed by atoms with Crippen LogP contribution in [-0.4, -0.2) is 37.6 Å². The Kier molecular flexibility index (Phi) is 4.45. The van der Waals surface area contributed by atoms with E-state index in [2.05, 4.69) is 17.1 Å². The summed E-state index contributed by atoms with van der Waals surface area (Å²) in [5, 5.41) is 3.50. The average molecular weight is 210 g/mol. The van der Waals surface area contributed by atoms with E-state index < -0.39 is 0 Å². The third-order valence-corrected chi connectivity index (χ3v) is 4.04. The molecule has 2 unspecified atom stereocenters. The fraction of sp³-hybridized carbons (Fsp3) is 1.00. The summed E-state index contributed by atoms with van der Waals surface area (Å²) in [6.07, 6.45) is 7.10. The quantitative estimate of drug-likeness (QED) is 0.676. The van der Waals surface area contributed by atoms with Crippen molar-refractivity contribution in [3.8, 4) is 0 Å². The van der Waals surface area contributed by atoms with Gasteiger partial charge in [-0.1, -0.05) is 32.6 Å². The summed E-state index contributed by atoms with van der Waals surface area (Å²) in [6, 6.07) is 0. The fourth-order valence-corrected chi connectivity index (χ4v) is 3.07. The summed E-state index contributed by atoms with van der Waals surface area (Å²) in [6.45, 7) is 8.93. The minimum atomic E-state index is 0.973. The maximum atomic E-state index is 3.50. The second kappa shape index (κ2) is 5.86. The molecule has 0 aromatic heterocycles. The fourth-order valence-electron chi connectivity index (χ4n) is 3.07. The molecule has 2 aliphatic heterocycles. The minimum absolute atomic E-state index is 0.973. The molecule has 88 valence electrons. The highest BCUT2D eigenvalue weighted by atomic mass is 15.2. The Bertz CT molecular complexity index is 169. The molecule has 0 amide bonds. The van der Waals surface area contributed by atoms with Crippen LogP contribution in [0.1, 0.15) is 39.0 Å². The molecule has 0 aromatic rings. The highest BCUT2D eigenvalue weighted by molar-refractivity contribution is 4.90. The van der Waals surface area contributed by atoms with Crippen molar-refractivity contribution in [3.05, 3.63) is 0 Å². The lowest BCUT2D eigenvalue weighted by atomic mass is 10.0. The molecule has 0 saturated carbocycles. The molecule has 2 rings (SSSR count). The van der Waals surface area contributed by atoms with Crippen molar-refractivity contribution in [2.75, 3.05) is 32.7 Å². The van der Waals surface area contributed by atoms with E-state index in [1.165, 1.54) is 64.8 Å². The van der Waals surface area contributed by atoms with Crippen LogP contribution in [-0.2, 0) is 0 Å². The average Bonchev–Trinajstić information content (AvgIpc) is 2.77. The van der Waals surface area contributed by atoms with Crippen LogP contribution in [0.2, 0.25) is 0 Å². The molecule has 2 heteroatoms. The van der Waals surface area contributed by atoms with E-state index in [1.807, 2.05) is 0 Å². The van der Waals surface area contributed by atoms with Gasteiger partial charge < -0.3 is 10.2 Å². The Labute approximate surface area is 94.4 Å². The molecule has 2 saturated heterocycles. The van der Waals surface area contributed by atoms with E-state index in [-0.39, 0.29) is 0 Å². The normalized spacial score (nSPS) is 31.0. The first-order valence-electron chi connectivity index (χ1n) is 6.83. The van der Waals surface area contributed by atoms with Crippen LogP contribution < -0.4 is 5.32 Å². The number of likely N-dealkylation sites (tertiary alicyclic amines) is 1. The SMILES string of the molecule is CCCCCCCN1CC2CNCC2C1. The summed E-state index contributed by atoms with van der Waals surface area (Å²) >= 11 is 0. The molecule has 0 aliphatic carbocycles. The molecule has 1 N–H and O–H groups in total. The number of fused-ring (bicyclic) bond motifs is 1. The van der Waals surface area contributed by atoms with Crippen molar-refractivity contribution in [2.24, 2.45) is 11.8 Å². The Morgan fingerprint density at radius 1 is 1.00 bits per heavy atom. The molecule has 0 spiro atoms. The van der Waals surface area contributed by atoms with Gasteiger partial charge in [0.1, 0.15) is 0 Å². The van der Waals surface area contributed by atoms with Gasteiger partial charge in [0.2, 0.25) is 0 Å². The predicted octanol–water partition coefficient (Wildman–Crippen LogP) is 2.11. The van der Waals surface area contributed by atoms with Crippen LogP contribution in [0.15, 0.2) is 0 Å². The van der Waals surface area contributed by atoms with Gasteiger partial charge in [-0.05, 0) is 37.9 Å². The lowest BCUT2D eigenvalue weighted by Crippen LogP contribution is -2.26. The lowest BCUT2D eigenvalue weighted by Gasteiger charge is -2.16. The third kappa shape index (κ3) is 3.18. The van der Waals surface area contributed by atoms with E-state index in [1.54, 1.807) is 0 Å². The monoisotopic (exact) mass is 210 g/mol.